The average molecular weight is 422 g/mol. The SMILES string of the molecule is C[C@H](O)c1nccn1Cc1cc(C#Cc2ccc(N3CCN(CCO)CC3)cc2)on1. The number of rotatable bonds is 6. The molecule has 1 aliphatic heterocycles. The highest BCUT2D eigenvalue weighted by Gasteiger charge is 2.16. The molecule has 1 saturated heterocycles. The molecule has 4 rings (SSSR count). The number of nitrogens with zero attached hydrogens (tertiary/aromatic N) is 5. The van der Waals surface area contributed by atoms with Gasteiger partial charge in [-0.3, -0.25) is 4.90 Å². The summed E-state index contributed by atoms with van der Waals surface area (Å²) in [6.45, 7) is 6.95. The van der Waals surface area contributed by atoms with Gasteiger partial charge in [0, 0.05) is 62.4 Å². The third-order valence-corrected chi connectivity index (χ3v) is 5.36. The zero-order chi connectivity index (χ0) is 21.6. The largest absolute Gasteiger partial charge is 0.395 e. The van der Waals surface area contributed by atoms with E-state index in [-0.39, 0.29) is 6.61 Å². The van der Waals surface area contributed by atoms with Crippen LogP contribution in [0, 0.1) is 11.8 Å². The van der Waals surface area contributed by atoms with Crippen molar-refractivity contribution in [1.29, 1.82) is 0 Å². The quantitative estimate of drug-likeness (QED) is 0.583. The fourth-order valence-electron chi connectivity index (χ4n) is 3.70. The van der Waals surface area contributed by atoms with Crippen LogP contribution in [0.15, 0.2) is 47.2 Å². The maximum absolute atomic E-state index is 9.76. The number of aliphatic hydroxyl groups is 2. The lowest BCUT2D eigenvalue weighted by Crippen LogP contribution is -2.47. The summed E-state index contributed by atoms with van der Waals surface area (Å²) < 4.78 is 7.17. The molecular formula is C23H27N5O3. The van der Waals surface area contributed by atoms with Crippen LogP contribution >= 0.6 is 0 Å². The molecule has 3 heterocycles. The molecule has 1 atom stereocenters. The van der Waals surface area contributed by atoms with Crippen LogP contribution in [0.3, 0.4) is 0 Å². The van der Waals surface area contributed by atoms with Crippen LogP contribution in [0.2, 0.25) is 0 Å². The first-order valence-corrected chi connectivity index (χ1v) is 10.5. The molecule has 0 bridgehead atoms. The van der Waals surface area contributed by atoms with E-state index in [0.29, 0.717) is 18.1 Å². The van der Waals surface area contributed by atoms with Crippen LogP contribution in [-0.2, 0) is 6.54 Å². The van der Waals surface area contributed by atoms with Crippen LogP contribution in [0.1, 0.15) is 35.9 Å². The number of hydrogen-bond acceptors (Lipinski definition) is 7. The Labute approximate surface area is 181 Å². The standard InChI is InChI=1S/C23H27N5O3/c1-18(30)23-24-8-9-28(23)17-20-16-22(31-25-20)7-4-19-2-5-21(6-3-19)27-12-10-26(11-13-27)14-15-29/h2-3,5-6,8-9,16,18,29-30H,10-15,17H2,1H3/t18-/m0/s1. The molecule has 8 heteroatoms. The van der Waals surface area contributed by atoms with Crippen LogP contribution in [0.4, 0.5) is 5.69 Å². The van der Waals surface area contributed by atoms with Crippen molar-refractivity contribution >= 4 is 5.69 Å². The molecule has 31 heavy (non-hydrogen) atoms. The van der Waals surface area contributed by atoms with Gasteiger partial charge in [0.15, 0.2) is 0 Å². The van der Waals surface area contributed by atoms with Crippen molar-refractivity contribution in [3.8, 4) is 11.8 Å². The molecule has 0 amide bonds. The lowest BCUT2D eigenvalue weighted by molar-refractivity contribution is 0.184. The summed E-state index contributed by atoms with van der Waals surface area (Å²) in [6.07, 6.45) is 2.81. The molecule has 0 aliphatic carbocycles. The Morgan fingerprint density at radius 2 is 1.90 bits per heavy atom. The molecule has 1 aromatic carbocycles. The van der Waals surface area contributed by atoms with E-state index in [2.05, 4.69) is 43.9 Å². The first-order valence-electron chi connectivity index (χ1n) is 10.5. The van der Waals surface area contributed by atoms with E-state index >= 15 is 0 Å². The Kier molecular flexibility index (Phi) is 6.67. The van der Waals surface area contributed by atoms with Gasteiger partial charge in [0.2, 0.25) is 5.76 Å². The monoisotopic (exact) mass is 421 g/mol. The predicted octanol–water partition coefficient (Wildman–Crippen LogP) is 1.49. The molecule has 0 radical (unpaired) electrons. The second-order valence-corrected chi connectivity index (χ2v) is 7.62. The summed E-state index contributed by atoms with van der Waals surface area (Å²) >= 11 is 0. The van der Waals surface area contributed by atoms with E-state index in [1.54, 1.807) is 25.4 Å². The number of benzene rings is 1. The second kappa shape index (κ2) is 9.79. The predicted molar refractivity (Wildman–Crippen MR) is 117 cm³/mol. The summed E-state index contributed by atoms with van der Waals surface area (Å²) in [6, 6.07) is 10.0. The van der Waals surface area contributed by atoms with E-state index in [1.807, 2.05) is 16.7 Å². The summed E-state index contributed by atoms with van der Waals surface area (Å²) in [5, 5.41) is 22.9. The molecule has 1 aliphatic rings. The van der Waals surface area contributed by atoms with Gasteiger partial charge in [-0.2, -0.15) is 0 Å². The Hall–Kier alpha value is -3.12. The number of aromatic nitrogens is 3. The molecule has 8 nitrogen and oxygen atoms in total. The lowest BCUT2D eigenvalue weighted by Gasteiger charge is -2.35. The van der Waals surface area contributed by atoms with Crippen molar-refractivity contribution < 1.29 is 14.7 Å². The number of aliphatic hydroxyl groups excluding tert-OH is 2. The first kappa shape index (κ1) is 21.1. The highest BCUT2D eigenvalue weighted by Crippen LogP contribution is 2.17. The molecule has 1 fully saturated rings. The molecule has 0 saturated carbocycles. The molecule has 0 spiro atoms. The maximum atomic E-state index is 9.76. The topological polar surface area (TPSA) is 90.8 Å². The van der Waals surface area contributed by atoms with Gasteiger partial charge in [-0.05, 0) is 37.1 Å². The molecule has 0 unspecified atom stereocenters. The maximum Gasteiger partial charge on any atom is 0.210 e. The normalized spacial score (nSPS) is 15.5. The number of imidazole rings is 1. The van der Waals surface area contributed by atoms with E-state index < -0.39 is 6.10 Å². The van der Waals surface area contributed by atoms with Gasteiger partial charge in [0.1, 0.15) is 17.6 Å². The Morgan fingerprint density at radius 3 is 2.61 bits per heavy atom. The van der Waals surface area contributed by atoms with Gasteiger partial charge < -0.3 is 24.2 Å². The van der Waals surface area contributed by atoms with Gasteiger partial charge in [-0.1, -0.05) is 11.1 Å². The van der Waals surface area contributed by atoms with E-state index in [0.717, 1.165) is 44.0 Å². The zero-order valence-corrected chi connectivity index (χ0v) is 17.6. The van der Waals surface area contributed by atoms with Crippen molar-refractivity contribution in [2.24, 2.45) is 0 Å². The minimum Gasteiger partial charge on any atom is -0.395 e. The van der Waals surface area contributed by atoms with Crippen molar-refractivity contribution in [2.75, 3.05) is 44.2 Å². The van der Waals surface area contributed by atoms with Crippen LogP contribution in [0.5, 0.6) is 0 Å². The first-order chi connectivity index (χ1) is 15.1. The highest BCUT2D eigenvalue weighted by molar-refractivity contribution is 5.51. The van der Waals surface area contributed by atoms with E-state index in [9.17, 15) is 5.11 Å². The zero-order valence-electron chi connectivity index (χ0n) is 17.6. The fourth-order valence-corrected chi connectivity index (χ4v) is 3.70. The fraction of sp³-hybridized carbons (Fsp3) is 0.391. The Balaban J connectivity index is 1.36. The summed E-state index contributed by atoms with van der Waals surface area (Å²) in [7, 11) is 0. The average Bonchev–Trinajstić information content (AvgIpc) is 3.43. The smallest absolute Gasteiger partial charge is 0.210 e. The van der Waals surface area contributed by atoms with Crippen LogP contribution < -0.4 is 4.90 Å². The van der Waals surface area contributed by atoms with Gasteiger partial charge in [0.25, 0.3) is 0 Å². The van der Waals surface area contributed by atoms with Gasteiger partial charge in [-0.25, -0.2) is 4.98 Å². The minimum absolute atomic E-state index is 0.215. The Morgan fingerprint density at radius 1 is 1.13 bits per heavy atom. The lowest BCUT2D eigenvalue weighted by atomic mass is 10.1. The Bertz CT molecular complexity index is 1040. The van der Waals surface area contributed by atoms with Crippen molar-refractivity contribution in [3.05, 3.63) is 65.6 Å². The summed E-state index contributed by atoms with van der Waals surface area (Å²) in [5.41, 5.74) is 2.82. The second-order valence-electron chi connectivity index (χ2n) is 7.62. The van der Waals surface area contributed by atoms with Crippen LogP contribution in [-0.4, -0.2) is 69.2 Å². The van der Waals surface area contributed by atoms with Gasteiger partial charge >= 0.3 is 0 Å². The molecule has 2 aromatic heterocycles. The third kappa shape index (κ3) is 5.33. The summed E-state index contributed by atoms with van der Waals surface area (Å²) in [5.74, 6) is 7.23. The number of hydrogen-bond donors (Lipinski definition) is 2. The third-order valence-electron chi connectivity index (χ3n) is 5.36. The van der Waals surface area contributed by atoms with Crippen molar-refractivity contribution in [2.45, 2.75) is 19.6 Å². The summed E-state index contributed by atoms with van der Waals surface area (Å²) in [4.78, 5) is 8.79. The van der Waals surface area contributed by atoms with Crippen LogP contribution in [0.25, 0.3) is 0 Å². The minimum atomic E-state index is -0.645. The number of anilines is 1. The van der Waals surface area contributed by atoms with E-state index in [1.165, 1.54) is 5.69 Å². The van der Waals surface area contributed by atoms with Crippen molar-refractivity contribution in [1.82, 2.24) is 19.6 Å². The van der Waals surface area contributed by atoms with Gasteiger partial charge in [0.05, 0.1) is 13.2 Å². The van der Waals surface area contributed by atoms with Gasteiger partial charge in [-0.15, -0.1) is 0 Å². The number of piperazine rings is 1. The molecule has 2 N–H and O–H groups in total. The highest BCUT2D eigenvalue weighted by atomic mass is 16.5. The molecule has 3 aromatic rings. The molecular weight excluding hydrogens is 394 g/mol. The number of β-amino-alcohol motifs (C(OH)–C–C–N with tert-alkyl or cyclic N) is 1. The van der Waals surface area contributed by atoms with E-state index in [4.69, 9.17) is 9.63 Å². The molecule has 162 valence electrons. The van der Waals surface area contributed by atoms with Crippen molar-refractivity contribution in [3.63, 3.8) is 0 Å².